The van der Waals surface area contributed by atoms with E-state index in [1.54, 1.807) is 6.07 Å². The van der Waals surface area contributed by atoms with Crippen LogP contribution in [0.5, 0.6) is 0 Å². The van der Waals surface area contributed by atoms with Crippen LogP contribution >= 0.6 is 22.9 Å². The second kappa shape index (κ2) is 9.42. The predicted octanol–water partition coefficient (Wildman–Crippen LogP) is 3.21. The van der Waals surface area contributed by atoms with Gasteiger partial charge in [0.2, 0.25) is 5.95 Å². The second-order valence-electron chi connectivity index (χ2n) is 10.1. The largest absolute Gasteiger partial charge is 0.375 e. The predicted molar refractivity (Wildman–Crippen MR) is 151 cm³/mol. The molecule has 0 bridgehead atoms. The van der Waals surface area contributed by atoms with Gasteiger partial charge < -0.3 is 25.6 Å². The first kappa shape index (κ1) is 24.2. The first-order valence-electron chi connectivity index (χ1n) is 12.9. The van der Waals surface area contributed by atoms with Crippen LogP contribution in [-0.4, -0.2) is 91.5 Å². The fourth-order valence-corrected chi connectivity index (χ4v) is 6.92. The summed E-state index contributed by atoms with van der Waals surface area (Å²) < 4.78 is 23.5. The van der Waals surface area contributed by atoms with Crippen LogP contribution in [-0.2, 0) is 4.74 Å². The van der Waals surface area contributed by atoms with Crippen LogP contribution in [0.15, 0.2) is 24.3 Å². The average Bonchev–Trinajstić information content (AvgIpc) is 3.53. The molecule has 3 aliphatic rings. The summed E-state index contributed by atoms with van der Waals surface area (Å²) in [7, 11) is 2.12. The monoisotopic (exact) mass is 554 g/mol. The molecule has 12 heteroatoms. The van der Waals surface area contributed by atoms with Gasteiger partial charge in [-0.25, -0.2) is 14.4 Å². The van der Waals surface area contributed by atoms with Crippen molar-refractivity contribution in [1.82, 2.24) is 25.2 Å². The fourth-order valence-electron chi connectivity index (χ4n) is 5.86. The van der Waals surface area contributed by atoms with E-state index in [1.165, 1.54) is 11.3 Å². The Labute approximate surface area is 228 Å². The van der Waals surface area contributed by atoms with Crippen LogP contribution in [0, 0.1) is 5.82 Å². The van der Waals surface area contributed by atoms with Gasteiger partial charge in [-0.3, -0.25) is 4.90 Å². The third-order valence-corrected chi connectivity index (χ3v) is 8.98. The standard InChI is InChI=1S/C26H28ClFN8OS/c1-34-9-10-37-18-13-36(12-17(18)34)26-32-23-15(24(33-26)35-7-5-30-6-8-35)11-16(27)20(21(23)28)14-3-2-4-19-22(14)31-25(29)38-19/h2-4,11,17-18,30H,5-10,12-13H2,1H3,(H2,29,31)/t17-,18+/m1/s1. The van der Waals surface area contributed by atoms with Crippen LogP contribution in [0.4, 0.5) is 21.3 Å². The summed E-state index contributed by atoms with van der Waals surface area (Å²) in [5, 5.41) is 4.71. The Balaban J connectivity index is 1.41. The maximum atomic E-state index is 16.6. The molecule has 0 amide bonds. The summed E-state index contributed by atoms with van der Waals surface area (Å²) in [6, 6.07) is 7.67. The summed E-state index contributed by atoms with van der Waals surface area (Å²) in [5.41, 5.74) is 7.76. The Morgan fingerprint density at radius 2 is 1.95 bits per heavy atom. The van der Waals surface area contributed by atoms with Crippen molar-refractivity contribution in [3.05, 3.63) is 35.1 Å². The molecule has 3 aliphatic heterocycles. The van der Waals surface area contributed by atoms with E-state index >= 15 is 4.39 Å². The van der Waals surface area contributed by atoms with Crippen LogP contribution in [0.1, 0.15) is 0 Å². The van der Waals surface area contributed by atoms with Gasteiger partial charge in [0.1, 0.15) is 11.3 Å². The highest BCUT2D eigenvalue weighted by Crippen LogP contribution is 2.42. The van der Waals surface area contributed by atoms with Crippen molar-refractivity contribution in [3.63, 3.8) is 0 Å². The van der Waals surface area contributed by atoms with E-state index in [1.807, 2.05) is 18.2 Å². The molecule has 0 radical (unpaired) electrons. The SMILES string of the molecule is CN1CCO[C@H]2CN(c3nc(N4CCNCC4)c4cc(Cl)c(-c5cccc6sc(N)nc56)c(F)c4n3)C[C@H]21. The first-order chi connectivity index (χ1) is 18.5. The van der Waals surface area contributed by atoms with Crippen molar-refractivity contribution in [2.24, 2.45) is 0 Å². The zero-order valence-corrected chi connectivity index (χ0v) is 22.5. The fraction of sp³-hybridized carbons (Fsp3) is 0.423. The average molecular weight is 555 g/mol. The molecule has 2 atom stereocenters. The van der Waals surface area contributed by atoms with E-state index in [4.69, 9.17) is 32.0 Å². The Morgan fingerprint density at radius 1 is 1.11 bits per heavy atom. The number of likely N-dealkylation sites (N-methyl/N-ethyl adjacent to an activating group) is 1. The maximum Gasteiger partial charge on any atom is 0.228 e. The van der Waals surface area contributed by atoms with Gasteiger partial charge in [-0.1, -0.05) is 35.1 Å². The van der Waals surface area contributed by atoms with Crippen molar-refractivity contribution in [3.8, 4) is 11.1 Å². The van der Waals surface area contributed by atoms with Gasteiger partial charge in [-0.15, -0.1) is 0 Å². The van der Waals surface area contributed by atoms with Crippen LogP contribution in [0.2, 0.25) is 5.02 Å². The molecule has 7 rings (SSSR count). The zero-order chi connectivity index (χ0) is 26.0. The number of benzene rings is 2. The van der Waals surface area contributed by atoms with Gasteiger partial charge in [-0.2, -0.15) is 4.98 Å². The van der Waals surface area contributed by atoms with Crippen LogP contribution in [0.3, 0.4) is 0 Å². The Bertz CT molecular complexity index is 1540. The number of anilines is 3. The van der Waals surface area contributed by atoms with Gasteiger partial charge in [0.05, 0.1) is 34.0 Å². The zero-order valence-electron chi connectivity index (χ0n) is 21.0. The minimum Gasteiger partial charge on any atom is -0.375 e. The van der Waals surface area contributed by atoms with E-state index < -0.39 is 5.82 Å². The molecule has 0 saturated carbocycles. The molecule has 2 aromatic carbocycles. The molecule has 38 heavy (non-hydrogen) atoms. The Morgan fingerprint density at radius 3 is 2.76 bits per heavy atom. The number of thiazole rings is 1. The van der Waals surface area contributed by atoms with Gasteiger partial charge in [0.15, 0.2) is 10.9 Å². The van der Waals surface area contributed by atoms with Gasteiger partial charge in [0.25, 0.3) is 0 Å². The molecule has 0 spiro atoms. The van der Waals surface area contributed by atoms with Gasteiger partial charge in [0, 0.05) is 62.3 Å². The number of fused-ring (bicyclic) bond motifs is 3. The van der Waals surface area contributed by atoms with Crippen LogP contribution in [0.25, 0.3) is 32.2 Å². The third kappa shape index (κ3) is 3.95. The number of nitrogens with zero attached hydrogens (tertiary/aromatic N) is 6. The lowest BCUT2D eigenvalue weighted by molar-refractivity contribution is -0.0362. The van der Waals surface area contributed by atoms with Crippen molar-refractivity contribution < 1.29 is 9.13 Å². The highest BCUT2D eigenvalue weighted by atomic mass is 35.5. The van der Waals surface area contributed by atoms with Crippen molar-refractivity contribution in [2.45, 2.75) is 12.1 Å². The second-order valence-corrected chi connectivity index (χ2v) is 11.6. The number of rotatable bonds is 3. The summed E-state index contributed by atoms with van der Waals surface area (Å²) >= 11 is 8.18. The lowest BCUT2D eigenvalue weighted by Gasteiger charge is -2.33. The summed E-state index contributed by atoms with van der Waals surface area (Å²) in [6.45, 7) is 6.18. The Kier molecular flexibility index (Phi) is 6.01. The van der Waals surface area contributed by atoms with Crippen molar-refractivity contribution in [2.75, 3.05) is 75.0 Å². The highest BCUT2D eigenvalue weighted by molar-refractivity contribution is 7.22. The lowest BCUT2D eigenvalue weighted by Crippen LogP contribution is -2.48. The van der Waals surface area contributed by atoms with E-state index in [0.29, 0.717) is 51.5 Å². The normalized spacial score (nSPS) is 22.5. The number of piperazine rings is 1. The number of para-hydroxylation sites is 1. The number of nitrogens with two attached hydrogens (primary N) is 1. The molecule has 2 aromatic heterocycles. The number of nitrogens with one attached hydrogen (secondary N) is 1. The molecule has 5 heterocycles. The minimum atomic E-state index is -0.475. The maximum absolute atomic E-state index is 16.6. The number of halogens is 2. The molecule has 3 fully saturated rings. The van der Waals surface area contributed by atoms with Crippen molar-refractivity contribution in [1.29, 1.82) is 0 Å². The number of aromatic nitrogens is 3. The van der Waals surface area contributed by atoms with Crippen LogP contribution < -0.4 is 20.9 Å². The summed E-state index contributed by atoms with van der Waals surface area (Å²) in [5.74, 6) is 0.747. The lowest BCUT2D eigenvalue weighted by atomic mass is 10.0. The number of ether oxygens (including phenoxy) is 1. The molecule has 0 aliphatic carbocycles. The first-order valence-corrected chi connectivity index (χ1v) is 14.0. The van der Waals surface area contributed by atoms with E-state index in [9.17, 15) is 0 Å². The molecule has 9 nitrogen and oxygen atoms in total. The van der Waals surface area contributed by atoms with Gasteiger partial charge >= 0.3 is 0 Å². The van der Waals surface area contributed by atoms with Crippen molar-refractivity contribution >= 4 is 61.0 Å². The van der Waals surface area contributed by atoms with E-state index in [2.05, 4.69) is 32.0 Å². The summed E-state index contributed by atoms with van der Waals surface area (Å²) in [6.07, 6.45) is 0.0778. The number of nitrogen functional groups attached to an aromatic ring is 1. The molecule has 3 saturated heterocycles. The number of morpholine rings is 1. The molecular formula is C26H28ClFN8OS. The van der Waals surface area contributed by atoms with E-state index in [-0.39, 0.29) is 23.2 Å². The smallest absolute Gasteiger partial charge is 0.228 e. The molecule has 198 valence electrons. The quantitative estimate of drug-likeness (QED) is 0.396. The van der Waals surface area contributed by atoms with Gasteiger partial charge in [-0.05, 0) is 19.2 Å². The topological polar surface area (TPSA) is 95.7 Å². The molecule has 4 aromatic rings. The molecular weight excluding hydrogens is 527 g/mol. The summed E-state index contributed by atoms with van der Waals surface area (Å²) in [4.78, 5) is 20.9. The third-order valence-electron chi connectivity index (χ3n) is 7.83. The number of hydrogen-bond acceptors (Lipinski definition) is 10. The van der Waals surface area contributed by atoms with E-state index in [0.717, 1.165) is 44.0 Å². The molecule has 0 unspecified atom stereocenters. The molecule has 3 N–H and O–H groups in total. The Hall–Kier alpha value is -2.83. The minimum absolute atomic E-state index is 0.0778. The highest BCUT2D eigenvalue weighted by Gasteiger charge is 2.40. The number of hydrogen-bond donors (Lipinski definition) is 2.